The van der Waals surface area contributed by atoms with E-state index in [4.69, 9.17) is 5.11 Å². The van der Waals surface area contributed by atoms with Crippen molar-refractivity contribution in [1.82, 2.24) is 4.98 Å². The van der Waals surface area contributed by atoms with E-state index in [0.29, 0.717) is 12.0 Å². The van der Waals surface area contributed by atoms with Crippen LogP contribution in [0.4, 0.5) is 0 Å². The molecule has 0 aliphatic carbocycles. The Morgan fingerprint density at radius 2 is 2.25 bits per heavy atom. The average molecular weight is 215 g/mol. The largest absolute Gasteiger partial charge is 0.478 e. The smallest absolute Gasteiger partial charge is 0.331 e. The molecule has 0 aliphatic rings. The van der Waals surface area contributed by atoms with Crippen LogP contribution in [0.3, 0.4) is 0 Å². The van der Waals surface area contributed by atoms with Crippen LogP contribution in [-0.2, 0) is 4.79 Å². The molecule has 2 rings (SSSR count). The number of rotatable bonds is 3. The number of aromatic nitrogens is 1. The van der Waals surface area contributed by atoms with Gasteiger partial charge in [0.05, 0.1) is 0 Å². The minimum absolute atomic E-state index is 0.426. The molecule has 0 bridgehead atoms. The van der Waals surface area contributed by atoms with Gasteiger partial charge < -0.3 is 10.1 Å². The van der Waals surface area contributed by atoms with Gasteiger partial charge in [0, 0.05) is 17.3 Å². The van der Waals surface area contributed by atoms with Crippen molar-refractivity contribution in [1.29, 1.82) is 0 Å². The first-order valence-electron chi connectivity index (χ1n) is 5.21. The molecule has 0 aliphatic heterocycles. The van der Waals surface area contributed by atoms with E-state index in [1.807, 2.05) is 37.4 Å². The molecule has 3 nitrogen and oxygen atoms in total. The van der Waals surface area contributed by atoms with E-state index >= 15 is 0 Å². The van der Waals surface area contributed by atoms with Crippen LogP contribution in [0.25, 0.3) is 17.0 Å². The lowest BCUT2D eigenvalue weighted by molar-refractivity contribution is -0.132. The molecule has 1 aromatic heterocycles. The summed E-state index contributed by atoms with van der Waals surface area (Å²) in [4.78, 5) is 14.0. The van der Waals surface area contributed by atoms with Gasteiger partial charge in [-0.3, -0.25) is 0 Å². The lowest BCUT2D eigenvalue weighted by Crippen LogP contribution is -1.98. The van der Waals surface area contributed by atoms with E-state index in [-0.39, 0.29) is 0 Å². The SMILES string of the molecule is CCC(=Cc1ccc2[nH]ccc2c1)C(=O)O. The third-order valence-electron chi connectivity index (χ3n) is 2.57. The van der Waals surface area contributed by atoms with Gasteiger partial charge in [0.25, 0.3) is 0 Å². The number of aromatic amines is 1. The topological polar surface area (TPSA) is 53.1 Å². The molecule has 0 atom stereocenters. The number of nitrogens with one attached hydrogen (secondary N) is 1. The Hall–Kier alpha value is -2.03. The second-order valence-electron chi connectivity index (χ2n) is 3.65. The Morgan fingerprint density at radius 1 is 1.44 bits per heavy atom. The molecule has 0 unspecified atom stereocenters. The molecule has 0 saturated carbocycles. The maximum absolute atomic E-state index is 10.9. The van der Waals surface area contributed by atoms with E-state index in [1.165, 1.54) is 0 Å². The van der Waals surface area contributed by atoms with Gasteiger partial charge >= 0.3 is 5.97 Å². The fourth-order valence-corrected chi connectivity index (χ4v) is 1.68. The minimum atomic E-state index is -0.850. The third kappa shape index (κ3) is 1.98. The molecule has 82 valence electrons. The summed E-state index contributed by atoms with van der Waals surface area (Å²) in [6.45, 7) is 1.84. The second-order valence-corrected chi connectivity index (χ2v) is 3.65. The van der Waals surface area contributed by atoms with Gasteiger partial charge in [-0.25, -0.2) is 4.79 Å². The highest BCUT2D eigenvalue weighted by Crippen LogP contribution is 2.17. The highest BCUT2D eigenvalue weighted by Gasteiger charge is 2.04. The van der Waals surface area contributed by atoms with E-state index in [9.17, 15) is 4.79 Å². The third-order valence-corrected chi connectivity index (χ3v) is 2.57. The van der Waals surface area contributed by atoms with E-state index in [0.717, 1.165) is 16.5 Å². The molecule has 2 aromatic rings. The van der Waals surface area contributed by atoms with Gasteiger partial charge in [0.1, 0.15) is 0 Å². The Morgan fingerprint density at radius 3 is 2.94 bits per heavy atom. The fourth-order valence-electron chi connectivity index (χ4n) is 1.68. The van der Waals surface area contributed by atoms with Crippen LogP contribution >= 0.6 is 0 Å². The van der Waals surface area contributed by atoms with Crippen LogP contribution in [0.1, 0.15) is 18.9 Å². The zero-order valence-corrected chi connectivity index (χ0v) is 9.03. The van der Waals surface area contributed by atoms with Crippen molar-refractivity contribution in [2.45, 2.75) is 13.3 Å². The maximum Gasteiger partial charge on any atom is 0.331 e. The number of carbonyl (C=O) groups is 1. The first kappa shape index (κ1) is 10.5. The summed E-state index contributed by atoms with van der Waals surface area (Å²) in [7, 11) is 0. The van der Waals surface area contributed by atoms with Gasteiger partial charge in [-0.2, -0.15) is 0 Å². The summed E-state index contributed by atoms with van der Waals surface area (Å²) >= 11 is 0. The van der Waals surface area contributed by atoms with Crippen LogP contribution in [0.15, 0.2) is 36.0 Å². The van der Waals surface area contributed by atoms with Gasteiger partial charge in [0.15, 0.2) is 0 Å². The minimum Gasteiger partial charge on any atom is -0.478 e. The lowest BCUT2D eigenvalue weighted by Gasteiger charge is -1.99. The first-order chi connectivity index (χ1) is 7.70. The number of aliphatic carboxylic acids is 1. The number of H-pyrrole nitrogens is 1. The quantitative estimate of drug-likeness (QED) is 0.773. The number of carboxylic acids is 1. The average Bonchev–Trinajstić information content (AvgIpc) is 2.72. The number of hydrogen-bond acceptors (Lipinski definition) is 1. The molecular weight excluding hydrogens is 202 g/mol. The van der Waals surface area contributed by atoms with Gasteiger partial charge in [-0.05, 0) is 41.6 Å². The van der Waals surface area contributed by atoms with E-state index < -0.39 is 5.97 Å². The summed E-state index contributed by atoms with van der Waals surface area (Å²) in [5.74, 6) is -0.850. The summed E-state index contributed by atoms with van der Waals surface area (Å²) < 4.78 is 0. The fraction of sp³-hybridized carbons (Fsp3) is 0.154. The predicted octanol–water partition coefficient (Wildman–Crippen LogP) is 3.05. The molecule has 16 heavy (non-hydrogen) atoms. The normalized spacial score (nSPS) is 11.9. The van der Waals surface area contributed by atoms with Crippen molar-refractivity contribution >= 4 is 22.9 Å². The molecule has 3 heteroatoms. The molecule has 1 heterocycles. The zero-order valence-electron chi connectivity index (χ0n) is 9.03. The van der Waals surface area contributed by atoms with Crippen LogP contribution < -0.4 is 0 Å². The molecular formula is C13H13NO2. The molecule has 0 amide bonds. The second kappa shape index (κ2) is 4.23. The Kier molecular flexibility index (Phi) is 2.77. The van der Waals surface area contributed by atoms with E-state index in [1.54, 1.807) is 6.08 Å². The molecule has 0 saturated heterocycles. The number of fused-ring (bicyclic) bond motifs is 1. The Bertz CT molecular complexity index is 552. The predicted molar refractivity (Wildman–Crippen MR) is 64.2 cm³/mol. The highest BCUT2D eigenvalue weighted by atomic mass is 16.4. The van der Waals surface area contributed by atoms with Crippen LogP contribution in [-0.4, -0.2) is 16.1 Å². The molecule has 0 radical (unpaired) electrons. The van der Waals surface area contributed by atoms with Gasteiger partial charge in [-0.1, -0.05) is 13.0 Å². The van der Waals surface area contributed by atoms with Crippen molar-refractivity contribution in [3.05, 3.63) is 41.6 Å². The summed E-state index contributed by atoms with van der Waals surface area (Å²) in [6, 6.07) is 7.82. The molecule has 0 spiro atoms. The summed E-state index contributed by atoms with van der Waals surface area (Å²) in [5.41, 5.74) is 2.41. The zero-order chi connectivity index (χ0) is 11.5. The van der Waals surface area contributed by atoms with Crippen LogP contribution in [0.2, 0.25) is 0 Å². The molecule has 2 N–H and O–H groups in total. The lowest BCUT2D eigenvalue weighted by atomic mass is 10.1. The Labute approximate surface area is 93.4 Å². The van der Waals surface area contributed by atoms with E-state index in [2.05, 4.69) is 4.98 Å². The van der Waals surface area contributed by atoms with Gasteiger partial charge in [-0.15, -0.1) is 0 Å². The number of hydrogen-bond donors (Lipinski definition) is 2. The highest BCUT2D eigenvalue weighted by molar-refractivity contribution is 5.93. The molecule has 1 aromatic carbocycles. The van der Waals surface area contributed by atoms with Crippen LogP contribution in [0, 0.1) is 0 Å². The summed E-state index contributed by atoms with van der Waals surface area (Å²) in [6.07, 6.45) is 4.12. The first-order valence-corrected chi connectivity index (χ1v) is 5.21. The Balaban J connectivity index is 2.43. The van der Waals surface area contributed by atoms with Crippen molar-refractivity contribution in [3.63, 3.8) is 0 Å². The van der Waals surface area contributed by atoms with Crippen molar-refractivity contribution in [2.24, 2.45) is 0 Å². The summed E-state index contributed by atoms with van der Waals surface area (Å²) in [5, 5.41) is 10.0. The standard InChI is InChI=1S/C13H13NO2/c1-2-10(13(15)16)7-9-3-4-12-11(8-9)5-6-14-12/h3-8,14H,2H2,1H3,(H,15,16). The van der Waals surface area contributed by atoms with Crippen molar-refractivity contribution in [3.8, 4) is 0 Å². The van der Waals surface area contributed by atoms with Crippen LogP contribution in [0.5, 0.6) is 0 Å². The van der Waals surface area contributed by atoms with Crippen molar-refractivity contribution < 1.29 is 9.90 Å². The van der Waals surface area contributed by atoms with Crippen molar-refractivity contribution in [2.75, 3.05) is 0 Å². The molecule has 0 fully saturated rings. The monoisotopic (exact) mass is 215 g/mol. The number of benzene rings is 1. The maximum atomic E-state index is 10.9. The van der Waals surface area contributed by atoms with Gasteiger partial charge in [0.2, 0.25) is 0 Å². The number of carboxylic acid groups (broad SMARTS) is 1.